The van der Waals surface area contributed by atoms with E-state index in [-0.39, 0.29) is 19.1 Å². The van der Waals surface area contributed by atoms with Crippen molar-refractivity contribution >= 4 is 11.6 Å². The smallest absolute Gasteiger partial charge is 0.219 e. The Balaban J connectivity index is 1.41. The summed E-state index contributed by atoms with van der Waals surface area (Å²) in [5.41, 5.74) is 1.28. The van der Waals surface area contributed by atoms with Gasteiger partial charge in [-0.3, -0.25) is 9.69 Å². The highest BCUT2D eigenvalue weighted by molar-refractivity contribution is 5.73. The van der Waals surface area contributed by atoms with E-state index in [1.165, 1.54) is 12.5 Å². The van der Waals surface area contributed by atoms with Gasteiger partial charge in [0.05, 0.1) is 19.3 Å². The second kappa shape index (κ2) is 11.3. The van der Waals surface area contributed by atoms with Gasteiger partial charge in [-0.25, -0.2) is 0 Å². The van der Waals surface area contributed by atoms with E-state index in [4.69, 9.17) is 9.47 Å². The summed E-state index contributed by atoms with van der Waals surface area (Å²) in [6.45, 7) is 9.20. The van der Waals surface area contributed by atoms with E-state index >= 15 is 0 Å². The van der Waals surface area contributed by atoms with Crippen molar-refractivity contribution in [1.29, 1.82) is 0 Å². The van der Waals surface area contributed by atoms with Crippen molar-refractivity contribution in [2.45, 2.75) is 44.8 Å². The summed E-state index contributed by atoms with van der Waals surface area (Å²) in [7, 11) is 1.66. The summed E-state index contributed by atoms with van der Waals surface area (Å²) < 4.78 is 11.4. The molecule has 2 fully saturated rings. The highest BCUT2D eigenvalue weighted by Crippen LogP contribution is 2.30. The van der Waals surface area contributed by atoms with Crippen LogP contribution in [0.15, 0.2) is 42.5 Å². The number of aryl methyl sites for hydroxylation is 2. The number of hydrogen-bond acceptors (Lipinski definition) is 7. The zero-order valence-corrected chi connectivity index (χ0v) is 22.6. The van der Waals surface area contributed by atoms with Gasteiger partial charge in [-0.05, 0) is 62.1 Å². The lowest BCUT2D eigenvalue weighted by atomic mass is 9.90. The molecule has 2 aliphatic heterocycles. The number of ether oxygens (including phenoxy) is 2. The summed E-state index contributed by atoms with van der Waals surface area (Å²) in [5.74, 6) is 1.45. The maximum Gasteiger partial charge on any atom is 0.219 e. The van der Waals surface area contributed by atoms with Crippen LogP contribution in [0.25, 0.3) is 0 Å². The van der Waals surface area contributed by atoms with Crippen molar-refractivity contribution in [3.8, 4) is 11.5 Å². The molecule has 0 aliphatic carbocycles. The van der Waals surface area contributed by atoms with Crippen LogP contribution in [-0.4, -0.2) is 96.7 Å². The molecule has 2 heterocycles. The fourth-order valence-electron chi connectivity index (χ4n) is 5.32. The normalized spacial score (nSPS) is 22.4. The zero-order valence-electron chi connectivity index (χ0n) is 22.6. The topological polar surface area (TPSA) is 85.7 Å². The van der Waals surface area contributed by atoms with Crippen LogP contribution in [0.4, 0.5) is 5.69 Å². The van der Waals surface area contributed by atoms with E-state index in [9.17, 15) is 15.0 Å². The number of carbonyl (C=O) groups is 1. The molecule has 202 valence electrons. The van der Waals surface area contributed by atoms with Crippen LogP contribution >= 0.6 is 0 Å². The summed E-state index contributed by atoms with van der Waals surface area (Å²) in [5, 5.41) is 23.1. The minimum atomic E-state index is -1.25. The minimum absolute atomic E-state index is 0.0673. The van der Waals surface area contributed by atoms with Crippen LogP contribution < -0.4 is 14.4 Å². The van der Waals surface area contributed by atoms with Gasteiger partial charge in [-0.15, -0.1) is 0 Å². The molecule has 4 rings (SSSR count). The molecule has 8 nitrogen and oxygen atoms in total. The Labute approximate surface area is 220 Å². The van der Waals surface area contributed by atoms with E-state index < -0.39 is 11.2 Å². The predicted octanol–water partition coefficient (Wildman–Crippen LogP) is 2.62. The molecule has 0 radical (unpaired) electrons. The number of carbonyl (C=O) groups excluding carboxylic acids is 1. The Kier molecular flexibility index (Phi) is 8.31. The summed E-state index contributed by atoms with van der Waals surface area (Å²) >= 11 is 0. The Hall–Kier alpha value is -2.81. The molecule has 0 saturated carbocycles. The van der Waals surface area contributed by atoms with E-state index in [1.54, 1.807) is 12.0 Å². The molecular weight excluding hydrogens is 470 g/mol. The molecule has 1 amide bonds. The molecule has 37 heavy (non-hydrogen) atoms. The quantitative estimate of drug-likeness (QED) is 0.591. The second-order valence-corrected chi connectivity index (χ2v) is 10.8. The van der Waals surface area contributed by atoms with Crippen molar-refractivity contribution < 1.29 is 24.5 Å². The van der Waals surface area contributed by atoms with E-state index in [0.717, 1.165) is 30.1 Å². The molecule has 2 aromatic carbocycles. The number of hydrogen-bond donors (Lipinski definition) is 2. The van der Waals surface area contributed by atoms with Gasteiger partial charge in [-0.2, -0.15) is 0 Å². The van der Waals surface area contributed by atoms with Gasteiger partial charge in [0, 0.05) is 57.9 Å². The first-order valence-electron chi connectivity index (χ1n) is 13.1. The maximum absolute atomic E-state index is 12.3. The number of β-amino-alcohol motifs (C(OH)–C–C–N with tert-alkyl or cyclic N) is 2. The molecule has 0 spiro atoms. The van der Waals surface area contributed by atoms with Gasteiger partial charge in [0.15, 0.2) is 0 Å². The van der Waals surface area contributed by atoms with Crippen LogP contribution in [0.5, 0.6) is 11.5 Å². The predicted molar refractivity (Wildman–Crippen MR) is 144 cm³/mol. The van der Waals surface area contributed by atoms with Gasteiger partial charge in [0.1, 0.15) is 23.7 Å². The monoisotopic (exact) mass is 511 g/mol. The summed E-state index contributed by atoms with van der Waals surface area (Å²) in [4.78, 5) is 18.3. The molecule has 0 bridgehead atoms. The number of piperidine rings is 1. The van der Waals surface area contributed by atoms with Crippen LogP contribution in [0.2, 0.25) is 0 Å². The third kappa shape index (κ3) is 6.94. The first-order valence-corrected chi connectivity index (χ1v) is 13.1. The van der Waals surface area contributed by atoms with Crippen molar-refractivity contribution in [3.63, 3.8) is 0 Å². The molecular formula is C29H41N3O5. The lowest BCUT2D eigenvalue weighted by Gasteiger charge is -2.42. The van der Waals surface area contributed by atoms with Crippen LogP contribution in [0.3, 0.4) is 0 Å². The first kappa shape index (κ1) is 27.2. The molecule has 8 heteroatoms. The molecule has 1 atom stereocenters. The zero-order chi connectivity index (χ0) is 26.6. The average Bonchev–Trinajstić information content (AvgIpc) is 3.04. The number of rotatable bonds is 7. The van der Waals surface area contributed by atoms with Crippen LogP contribution in [0, 0.1) is 13.8 Å². The SMILES string of the molecule is COc1cccc(N2CCC(O)(CN3CCN(C(C)=O)CC(O)(COc4ccc(C)c(C)c4)C3)CC2)c1. The van der Waals surface area contributed by atoms with Gasteiger partial charge in [0.2, 0.25) is 5.91 Å². The maximum atomic E-state index is 12.3. The molecule has 2 aromatic rings. The Morgan fingerprint density at radius 1 is 0.919 bits per heavy atom. The Morgan fingerprint density at radius 2 is 1.68 bits per heavy atom. The van der Waals surface area contributed by atoms with Gasteiger partial charge in [-0.1, -0.05) is 12.1 Å². The van der Waals surface area contributed by atoms with E-state index in [2.05, 4.69) is 15.9 Å². The Morgan fingerprint density at radius 3 is 2.35 bits per heavy atom. The standard InChI is InChI=1S/C29H41N3O5/c1-22-8-9-27(16-23(22)2)37-21-29(35)19-30(14-15-32(20-29)24(3)33)18-28(34)10-12-31(13-11-28)25-6-5-7-26(17-25)36-4/h5-9,16-17,34-35H,10-15,18-21H2,1-4H3. The lowest BCUT2D eigenvalue weighted by Crippen LogP contribution is -2.55. The fraction of sp³-hybridized carbons (Fsp3) is 0.552. The third-order valence-corrected chi connectivity index (χ3v) is 7.75. The second-order valence-electron chi connectivity index (χ2n) is 10.8. The minimum Gasteiger partial charge on any atom is -0.497 e. The van der Waals surface area contributed by atoms with Crippen molar-refractivity contribution in [3.05, 3.63) is 53.6 Å². The van der Waals surface area contributed by atoms with Crippen molar-refractivity contribution in [2.75, 3.05) is 64.4 Å². The van der Waals surface area contributed by atoms with E-state index in [1.807, 2.05) is 50.2 Å². The number of benzene rings is 2. The number of methoxy groups -OCH3 is 1. The largest absolute Gasteiger partial charge is 0.497 e. The summed E-state index contributed by atoms with van der Waals surface area (Å²) in [6, 6.07) is 13.9. The summed E-state index contributed by atoms with van der Waals surface area (Å²) in [6.07, 6.45) is 1.24. The van der Waals surface area contributed by atoms with Gasteiger partial charge < -0.3 is 29.5 Å². The molecule has 0 aromatic heterocycles. The Bertz CT molecular complexity index is 1080. The number of nitrogens with zero attached hydrogens (tertiary/aromatic N) is 3. The fourth-order valence-corrected chi connectivity index (χ4v) is 5.32. The lowest BCUT2D eigenvalue weighted by molar-refractivity contribution is -0.132. The molecule has 2 N–H and O–H groups in total. The van der Waals surface area contributed by atoms with Crippen molar-refractivity contribution in [2.24, 2.45) is 0 Å². The van der Waals surface area contributed by atoms with Gasteiger partial charge >= 0.3 is 0 Å². The third-order valence-electron chi connectivity index (χ3n) is 7.75. The van der Waals surface area contributed by atoms with Crippen molar-refractivity contribution in [1.82, 2.24) is 9.80 Å². The number of amides is 1. The number of anilines is 1. The molecule has 2 aliphatic rings. The average molecular weight is 512 g/mol. The molecule has 1 unspecified atom stereocenters. The molecule has 2 saturated heterocycles. The highest BCUT2D eigenvalue weighted by atomic mass is 16.5. The van der Waals surface area contributed by atoms with Crippen LogP contribution in [-0.2, 0) is 4.79 Å². The van der Waals surface area contributed by atoms with Crippen LogP contribution in [0.1, 0.15) is 30.9 Å². The van der Waals surface area contributed by atoms with Gasteiger partial charge in [0.25, 0.3) is 0 Å². The number of aliphatic hydroxyl groups is 2. The first-order chi connectivity index (χ1) is 17.6. The van der Waals surface area contributed by atoms with E-state index in [0.29, 0.717) is 44.8 Å². The highest BCUT2D eigenvalue weighted by Gasteiger charge is 2.41.